The summed E-state index contributed by atoms with van der Waals surface area (Å²) in [5, 5.41) is 19.7. The molecule has 0 aliphatic heterocycles. The number of carbonyl (C=O) groups excluding carboxylic acids is 1. The number of hydrogen-bond acceptors (Lipinski definition) is 5. The first-order valence-electron chi connectivity index (χ1n) is 8.69. The molecular weight excluding hydrogens is 346 g/mol. The first kappa shape index (κ1) is 16.7. The second-order valence-electron chi connectivity index (χ2n) is 6.79. The van der Waals surface area contributed by atoms with Crippen LogP contribution in [-0.2, 0) is 6.54 Å². The van der Waals surface area contributed by atoms with Gasteiger partial charge in [-0.05, 0) is 50.1 Å². The maximum Gasteiger partial charge on any atom is 0.253 e. The van der Waals surface area contributed by atoms with Gasteiger partial charge in [0.1, 0.15) is 5.54 Å². The number of rotatable bonds is 4. The van der Waals surface area contributed by atoms with Crippen LogP contribution < -0.4 is 5.32 Å². The van der Waals surface area contributed by atoms with Crippen molar-refractivity contribution < 1.29 is 4.79 Å². The van der Waals surface area contributed by atoms with Crippen molar-refractivity contribution in [3.8, 4) is 6.07 Å². The van der Waals surface area contributed by atoms with Crippen LogP contribution in [0.4, 0.5) is 0 Å². The number of nitriles is 1. The zero-order chi connectivity index (χ0) is 18.1. The summed E-state index contributed by atoms with van der Waals surface area (Å²) in [6.45, 7) is 2.50. The van der Waals surface area contributed by atoms with Crippen LogP contribution in [0.25, 0.3) is 11.0 Å². The van der Waals surface area contributed by atoms with Gasteiger partial charge in [-0.2, -0.15) is 10.4 Å². The molecule has 6 nitrogen and oxygen atoms in total. The predicted molar refractivity (Wildman–Crippen MR) is 100.0 cm³/mol. The maximum absolute atomic E-state index is 12.9. The van der Waals surface area contributed by atoms with E-state index < -0.39 is 5.54 Å². The Bertz CT molecular complexity index is 993. The molecule has 3 aromatic heterocycles. The van der Waals surface area contributed by atoms with Crippen LogP contribution in [0.5, 0.6) is 0 Å². The van der Waals surface area contributed by atoms with E-state index in [1.807, 2.05) is 23.1 Å². The molecule has 0 unspecified atom stereocenters. The Kier molecular flexibility index (Phi) is 4.21. The lowest BCUT2D eigenvalue weighted by Gasteiger charge is -2.22. The smallest absolute Gasteiger partial charge is 0.253 e. The average molecular weight is 365 g/mol. The Morgan fingerprint density at radius 2 is 2.27 bits per heavy atom. The number of aryl methyl sites for hydroxylation is 1. The molecule has 3 aromatic rings. The summed E-state index contributed by atoms with van der Waals surface area (Å²) in [5.74, 6) is -0.223. The quantitative estimate of drug-likeness (QED) is 0.768. The number of nitrogens with one attached hydrogen (secondary N) is 1. The average Bonchev–Trinajstić information content (AvgIpc) is 3.37. The first-order chi connectivity index (χ1) is 12.6. The standard InChI is InChI=1S/C19H19N5OS/c1-13-9-15(18(25)23-19(12-20)6-2-3-7-19)16-10-21-24(17(16)22-13)11-14-5-4-8-26-14/h4-5,8-10H,2-3,6-7,11H2,1H3,(H,23,25). The van der Waals surface area contributed by atoms with Gasteiger partial charge in [0, 0.05) is 10.6 Å². The molecule has 1 saturated carbocycles. The Hall–Kier alpha value is -2.72. The number of aromatic nitrogens is 3. The lowest BCUT2D eigenvalue weighted by Crippen LogP contribution is -2.45. The van der Waals surface area contributed by atoms with Crippen LogP contribution >= 0.6 is 11.3 Å². The molecule has 3 heterocycles. The number of pyridine rings is 1. The summed E-state index contributed by atoms with van der Waals surface area (Å²) in [5.41, 5.74) is 1.24. The van der Waals surface area contributed by atoms with Crippen molar-refractivity contribution in [1.29, 1.82) is 5.26 Å². The van der Waals surface area contributed by atoms with Crippen molar-refractivity contribution in [3.05, 3.63) is 45.9 Å². The molecule has 1 fully saturated rings. The largest absolute Gasteiger partial charge is 0.334 e. The molecule has 132 valence electrons. The van der Waals surface area contributed by atoms with E-state index in [1.54, 1.807) is 23.6 Å². The normalized spacial score (nSPS) is 15.8. The lowest BCUT2D eigenvalue weighted by atomic mass is 9.99. The Labute approximate surface area is 155 Å². The second-order valence-corrected chi connectivity index (χ2v) is 7.82. The highest BCUT2D eigenvalue weighted by Crippen LogP contribution is 2.30. The van der Waals surface area contributed by atoms with E-state index in [0.717, 1.165) is 23.9 Å². The van der Waals surface area contributed by atoms with E-state index in [-0.39, 0.29) is 5.91 Å². The van der Waals surface area contributed by atoms with Crippen molar-refractivity contribution >= 4 is 28.3 Å². The molecule has 7 heteroatoms. The number of nitrogens with zero attached hydrogens (tertiary/aromatic N) is 4. The predicted octanol–water partition coefficient (Wildman–Crippen LogP) is 3.42. The monoisotopic (exact) mass is 365 g/mol. The number of fused-ring (bicyclic) bond motifs is 1. The van der Waals surface area contributed by atoms with Crippen LogP contribution in [0.15, 0.2) is 29.8 Å². The molecule has 4 rings (SSSR count). The van der Waals surface area contributed by atoms with Crippen molar-refractivity contribution in [2.45, 2.75) is 44.7 Å². The van der Waals surface area contributed by atoms with Crippen LogP contribution in [0.3, 0.4) is 0 Å². The molecule has 26 heavy (non-hydrogen) atoms. The van der Waals surface area contributed by atoms with E-state index in [4.69, 9.17) is 0 Å². The maximum atomic E-state index is 12.9. The molecule has 0 radical (unpaired) electrons. The highest BCUT2D eigenvalue weighted by Gasteiger charge is 2.36. The van der Waals surface area contributed by atoms with E-state index >= 15 is 0 Å². The van der Waals surface area contributed by atoms with Gasteiger partial charge in [0.15, 0.2) is 5.65 Å². The van der Waals surface area contributed by atoms with Crippen molar-refractivity contribution in [1.82, 2.24) is 20.1 Å². The summed E-state index contributed by atoms with van der Waals surface area (Å²) in [6, 6.07) is 8.14. The van der Waals surface area contributed by atoms with Crippen molar-refractivity contribution in [3.63, 3.8) is 0 Å². The van der Waals surface area contributed by atoms with Crippen LogP contribution in [0.2, 0.25) is 0 Å². The Morgan fingerprint density at radius 3 is 2.96 bits per heavy atom. The number of hydrogen-bond donors (Lipinski definition) is 1. The molecule has 1 aliphatic rings. The van der Waals surface area contributed by atoms with Gasteiger partial charge in [-0.1, -0.05) is 6.07 Å². The Balaban J connectivity index is 1.70. The van der Waals surface area contributed by atoms with Crippen LogP contribution in [0, 0.1) is 18.3 Å². The summed E-state index contributed by atoms with van der Waals surface area (Å²) in [6.07, 6.45) is 5.05. The fourth-order valence-electron chi connectivity index (χ4n) is 3.55. The molecular formula is C19H19N5OS. The molecule has 0 spiro atoms. The Morgan fingerprint density at radius 1 is 1.46 bits per heavy atom. The van der Waals surface area contributed by atoms with E-state index in [1.165, 1.54) is 4.88 Å². The molecule has 1 amide bonds. The van der Waals surface area contributed by atoms with Gasteiger partial charge in [0.25, 0.3) is 5.91 Å². The van der Waals surface area contributed by atoms with Gasteiger partial charge in [0.05, 0.1) is 29.8 Å². The first-order valence-corrected chi connectivity index (χ1v) is 9.57. The van der Waals surface area contributed by atoms with E-state index in [2.05, 4.69) is 27.5 Å². The topological polar surface area (TPSA) is 83.6 Å². The minimum absolute atomic E-state index is 0.223. The lowest BCUT2D eigenvalue weighted by molar-refractivity contribution is 0.0922. The minimum Gasteiger partial charge on any atom is -0.334 e. The second kappa shape index (κ2) is 6.54. The van der Waals surface area contributed by atoms with Gasteiger partial charge in [-0.15, -0.1) is 11.3 Å². The molecule has 0 aromatic carbocycles. The van der Waals surface area contributed by atoms with Gasteiger partial charge in [-0.3, -0.25) is 4.79 Å². The third kappa shape index (κ3) is 2.97. The third-order valence-electron chi connectivity index (χ3n) is 4.89. The molecule has 0 atom stereocenters. The van der Waals surface area contributed by atoms with Crippen molar-refractivity contribution in [2.75, 3.05) is 0 Å². The number of thiophene rings is 1. The van der Waals surface area contributed by atoms with E-state index in [9.17, 15) is 10.1 Å². The third-order valence-corrected chi connectivity index (χ3v) is 5.75. The minimum atomic E-state index is -0.743. The molecule has 0 saturated heterocycles. The summed E-state index contributed by atoms with van der Waals surface area (Å²) < 4.78 is 1.82. The number of carbonyl (C=O) groups is 1. The fraction of sp³-hybridized carbons (Fsp3) is 0.368. The molecule has 0 bridgehead atoms. The van der Waals surface area contributed by atoms with Gasteiger partial charge in [0.2, 0.25) is 0 Å². The summed E-state index contributed by atoms with van der Waals surface area (Å²) in [4.78, 5) is 18.7. The molecule has 1 N–H and O–H groups in total. The highest BCUT2D eigenvalue weighted by molar-refractivity contribution is 7.09. The zero-order valence-electron chi connectivity index (χ0n) is 14.5. The summed E-state index contributed by atoms with van der Waals surface area (Å²) >= 11 is 1.66. The van der Waals surface area contributed by atoms with Crippen LogP contribution in [0.1, 0.15) is 46.6 Å². The zero-order valence-corrected chi connectivity index (χ0v) is 15.3. The number of amides is 1. The fourth-order valence-corrected chi connectivity index (χ4v) is 4.24. The molecule has 1 aliphatic carbocycles. The van der Waals surface area contributed by atoms with Gasteiger partial charge >= 0.3 is 0 Å². The van der Waals surface area contributed by atoms with Gasteiger partial charge < -0.3 is 5.32 Å². The highest BCUT2D eigenvalue weighted by atomic mass is 32.1. The van der Waals surface area contributed by atoms with E-state index in [0.29, 0.717) is 30.6 Å². The van der Waals surface area contributed by atoms with Gasteiger partial charge in [-0.25, -0.2) is 9.67 Å². The van der Waals surface area contributed by atoms with Crippen molar-refractivity contribution in [2.24, 2.45) is 0 Å². The van der Waals surface area contributed by atoms with Crippen LogP contribution in [-0.4, -0.2) is 26.2 Å². The SMILES string of the molecule is Cc1cc(C(=O)NC2(C#N)CCCC2)c2cnn(Cc3cccs3)c2n1. The summed E-state index contributed by atoms with van der Waals surface area (Å²) in [7, 11) is 0.